The Morgan fingerprint density at radius 3 is 2.52 bits per heavy atom. The zero-order chi connectivity index (χ0) is 15.6. The Kier molecular flexibility index (Phi) is 4.88. The van der Waals surface area contributed by atoms with E-state index in [1.54, 1.807) is 4.90 Å². The lowest BCUT2D eigenvalue weighted by Gasteiger charge is -2.28. The molecule has 0 aromatic heterocycles. The van der Waals surface area contributed by atoms with Gasteiger partial charge in [0, 0.05) is 23.3 Å². The van der Waals surface area contributed by atoms with Crippen LogP contribution in [0.15, 0.2) is 23.1 Å². The van der Waals surface area contributed by atoms with Gasteiger partial charge in [-0.1, -0.05) is 12.8 Å². The molecule has 4 nitrogen and oxygen atoms in total. The molecular formula is C14H17ClFNO3S. The lowest BCUT2D eigenvalue weighted by molar-refractivity contribution is 0.0689. The molecule has 0 heterocycles. The van der Waals surface area contributed by atoms with Gasteiger partial charge < -0.3 is 4.90 Å². The van der Waals surface area contributed by atoms with Gasteiger partial charge in [0.05, 0.1) is 10.5 Å². The number of hydrogen-bond acceptors (Lipinski definition) is 3. The molecule has 0 N–H and O–H groups in total. The fourth-order valence-electron chi connectivity index (χ4n) is 2.82. The van der Waals surface area contributed by atoms with Crippen LogP contribution in [0, 0.1) is 5.82 Å². The van der Waals surface area contributed by atoms with Crippen molar-refractivity contribution in [2.75, 3.05) is 6.54 Å². The summed E-state index contributed by atoms with van der Waals surface area (Å²) in [6.07, 6.45) is 3.85. The van der Waals surface area contributed by atoms with Crippen LogP contribution in [0.5, 0.6) is 0 Å². The third-order valence-electron chi connectivity index (χ3n) is 3.80. The molecule has 1 aromatic rings. The van der Waals surface area contributed by atoms with E-state index in [4.69, 9.17) is 10.7 Å². The third-order valence-corrected chi connectivity index (χ3v) is 5.18. The van der Waals surface area contributed by atoms with E-state index in [0.717, 1.165) is 43.9 Å². The minimum Gasteiger partial charge on any atom is -0.336 e. The van der Waals surface area contributed by atoms with Crippen molar-refractivity contribution in [1.29, 1.82) is 0 Å². The molecule has 2 rings (SSSR count). The molecule has 0 unspecified atom stereocenters. The molecule has 1 fully saturated rings. The fourth-order valence-corrected chi connectivity index (χ4v) is 3.86. The van der Waals surface area contributed by atoms with Crippen molar-refractivity contribution in [2.45, 2.75) is 43.5 Å². The zero-order valence-electron chi connectivity index (χ0n) is 11.7. The highest BCUT2D eigenvalue weighted by Crippen LogP contribution is 2.28. The van der Waals surface area contributed by atoms with Gasteiger partial charge in [-0.2, -0.15) is 0 Å². The average molecular weight is 334 g/mol. The fraction of sp³-hybridized carbons (Fsp3) is 0.500. The first kappa shape index (κ1) is 16.2. The van der Waals surface area contributed by atoms with Crippen LogP contribution < -0.4 is 0 Å². The number of halogens is 2. The summed E-state index contributed by atoms with van der Waals surface area (Å²) >= 11 is 0. The van der Waals surface area contributed by atoms with Gasteiger partial charge in [-0.15, -0.1) is 0 Å². The maximum atomic E-state index is 13.4. The molecule has 7 heteroatoms. The van der Waals surface area contributed by atoms with Crippen molar-refractivity contribution in [1.82, 2.24) is 4.90 Å². The van der Waals surface area contributed by atoms with E-state index in [9.17, 15) is 17.6 Å². The molecule has 1 saturated carbocycles. The molecule has 0 saturated heterocycles. The van der Waals surface area contributed by atoms with Crippen molar-refractivity contribution in [3.63, 3.8) is 0 Å². The van der Waals surface area contributed by atoms with Gasteiger partial charge in [0.15, 0.2) is 0 Å². The normalized spacial score (nSPS) is 16.1. The smallest absolute Gasteiger partial charge is 0.262 e. The molecule has 1 amide bonds. The first-order valence-electron chi connectivity index (χ1n) is 6.89. The van der Waals surface area contributed by atoms with Crippen molar-refractivity contribution in [3.8, 4) is 0 Å². The van der Waals surface area contributed by atoms with Gasteiger partial charge in [-0.3, -0.25) is 4.79 Å². The van der Waals surface area contributed by atoms with Gasteiger partial charge in [-0.05, 0) is 38.0 Å². The topological polar surface area (TPSA) is 54.5 Å². The third kappa shape index (κ3) is 3.55. The van der Waals surface area contributed by atoms with Gasteiger partial charge in [0.1, 0.15) is 5.82 Å². The van der Waals surface area contributed by atoms with E-state index in [0.29, 0.717) is 6.54 Å². The van der Waals surface area contributed by atoms with E-state index in [1.807, 2.05) is 6.92 Å². The number of hydrogen-bond donors (Lipinski definition) is 0. The van der Waals surface area contributed by atoms with Gasteiger partial charge in [-0.25, -0.2) is 12.8 Å². The van der Waals surface area contributed by atoms with E-state index in [2.05, 4.69) is 0 Å². The minimum absolute atomic E-state index is 0.0802. The van der Waals surface area contributed by atoms with Crippen LogP contribution in [-0.2, 0) is 9.05 Å². The zero-order valence-corrected chi connectivity index (χ0v) is 13.3. The predicted molar refractivity (Wildman–Crippen MR) is 78.4 cm³/mol. The molecule has 0 spiro atoms. The van der Waals surface area contributed by atoms with Crippen LogP contribution in [0.4, 0.5) is 4.39 Å². The molecule has 0 aliphatic heterocycles. The standard InChI is InChI=1S/C14H17ClFNO3S/c1-2-17(11-5-3-4-6-11)14(18)12-9-10(16)7-8-13(12)21(15,19)20/h7-9,11H,2-6H2,1H3. The largest absolute Gasteiger partial charge is 0.336 e. The quantitative estimate of drug-likeness (QED) is 0.795. The Bertz CT molecular complexity index is 642. The van der Waals surface area contributed by atoms with Crippen LogP contribution in [0.2, 0.25) is 0 Å². The first-order valence-corrected chi connectivity index (χ1v) is 9.20. The van der Waals surface area contributed by atoms with E-state index < -0.39 is 20.8 Å². The monoisotopic (exact) mass is 333 g/mol. The van der Waals surface area contributed by atoms with Crippen LogP contribution in [0.1, 0.15) is 43.0 Å². The van der Waals surface area contributed by atoms with Gasteiger partial charge >= 0.3 is 0 Å². The molecule has 1 aromatic carbocycles. The highest BCUT2D eigenvalue weighted by Gasteiger charge is 2.30. The van der Waals surface area contributed by atoms with Crippen LogP contribution in [0.3, 0.4) is 0 Å². The van der Waals surface area contributed by atoms with Gasteiger partial charge in [0.2, 0.25) is 0 Å². The Morgan fingerprint density at radius 1 is 1.38 bits per heavy atom. The molecule has 116 valence electrons. The maximum Gasteiger partial charge on any atom is 0.262 e. The molecule has 21 heavy (non-hydrogen) atoms. The van der Waals surface area contributed by atoms with Crippen molar-refractivity contribution in [2.24, 2.45) is 0 Å². The van der Waals surface area contributed by atoms with Crippen LogP contribution in [-0.4, -0.2) is 31.8 Å². The second-order valence-corrected chi connectivity index (χ2v) is 7.64. The number of benzene rings is 1. The van der Waals surface area contributed by atoms with Crippen molar-refractivity contribution < 1.29 is 17.6 Å². The lowest BCUT2D eigenvalue weighted by Crippen LogP contribution is -2.39. The predicted octanol–water partition coefficient (Wildman–Crippen LogP) is 3.16. The summed E-state index contributed by atoms with van der Waals surface area (Å²) in [4.78, 5) is 13.9. The molecule has 1 aliphatic rings. The highest BCUT2D eigenvalue weighted by atomic mass is 35.7. The summed E-state index contributed by atoms with van der Waals surface area (Å²) < 4.78 is 36.6. The number of carbonyl (C=O) groups is 1. The molecule has 1 aliphatic carbocycles. The molecule has 0 radical (unpaired) electrons. The number of amides is 1. The Labute approximate surface area is 128 Å². The Balaban J connectivity index is 2.44. The second kappa shape index (κ2) is 6.32. The highest BCUT2D eigenvalue weighted by molar-refractivity contribution is 8.13. The summed E-state index contributed by atoms with van der Waals surface area (Å²) in [7, 11) is 1.24. The second-order valence-electron chi connectivity index (χ2n) is 5.11. The maximum absolute atomic E-state index is 13.4. The lowest BCUT2D eigenvalue weighted by atomic mass is 10.1. The summed E-state index contributed by atoms with van der Waals surface area (Å²) in [6.45, 7) is 2.27. The number of nitrogens with zero attached hydrogens (tertiary/aromatic N) is 1. The van der Waals surface area contributed by atoms with E-state index in [-0.39, 0.29) is 16.5 Å². The van der Waals surface area contributed by atoms with Gasteiger partial charge in [0.25, 0.3) is 15.0 Å². The summed E-state index contributed by atoms with van der Waals surface area (Å²) in [5.41, 5.74) is -0.196. The van der Waals surface area contributed by atoms with Crippen LogP contribution >= 0.6 is 10.7 Å². The SMILES string of the molecule is CCN(C(=O)c1cc(F)ccc1S(=O)(=O)Cl)C1CCCC1. The van der Waals surface area contributed by atoms with E-state index >= 15 is 0 Å². The Hall–Kier alpha value is -1.14. The minimum atomic E-state index is -4.10. The first-order chi connectivity index (χ1) is 9.84. The number of rotatable bonds is 4. The summed E-state index contributed by atoms with van der Waals surface area (Å²) in [5, 5.41) is 0. The summed E-state index contributed by atoms with van der Waals surface area (Å²) in [5.74, 6) is -1.15. The van der Waals surface area contributed by atoms with Crippen molar-refractivity contribution >= 4 is 25.6 Å². The molecule has 0 bridgehead atoms. The average Bonchev–Trinajstić information content (AvgIpc) is 2.91. The van der Waals surface area contributed by atoms with E-state index in [1.165, 1.54) is 0 Å². The molecule has 0 atom stereocenters. The number of carbonyl (C=O) groups excluding carboxylic acids is 1. The molecular weight excluding hydrogens is 317 g/mol. The Morgan fingerprint density at radius 2 is 2.00 bits per heavy atom. The summed E-state index contributed by atoms with van der Waals surface area (Å²) in [6, 6.07) is 3.04. The van der Waals surface area contributed by atoms with Crippen LogP contribution in [0.25, 0.3) is 0 Å². The van der Waals surface area contributed by atoms with Crippen molar-refractivity contribution in [3.05, 3.63) is 29.6 Å².